The third-order valence-electron chi connectivity index (χ3n) is 3.32. The van der Waals surface area contributed by atoms with Gasteiger partial charge in [-0.3, -0.25) is 4.79 Å². The number of hydrogen-bond donors (Lipinski definition) is 1. The second-order valence-electron chi connectivity index (χ2n) is 5.53. The average molecular weight is 277 g/mol. The summed E-state index contributed by atoms with van der Waals surface area (Å²) in [4.78, 5) is 11.9. The van der Waals surface area contributed by atoms with E-state index in [-0.39, 0.29) is 11.7 Å². The summed E-state index contributed by atoms with van der Waals surface area (Å²) in [5.74, 6) is 0.781. The van der Waals surface area contributed by atoms with Crippen molar-refractivity contribution in [3.8, 4) is 5.75 Å². The van der Waals surface area contributed by atoms with Gasteiger partial charge < -0.3 is 10.5 Å². The van der Waals surface area contributed by atoms with E-state index in [0.717, 1.165) is 6.42 Å². The van der Waals surface area contributed by atoms with E-state index in [0.29, 0.717) is 23.6 Å². The molecule has 0 saturated carbocycles. The van der Waals surface area contributed by atoms with Crippen LogP contribution in [-0.4, -0.2) is 12.4 Å². The highest BCUT2D eigenvalue weighted by molar-refractivity contribution is 5.98. The number of ketones is 1. The highest BCUT2D eigenvalue weighted by Gasteiger charge is 2.12. The molecule has 2 N–H and O–H groups in total. The fourth-order valence-corrected chi connectivity index (χ4v) is 2.05. The molecule has 0 atom stereocenters. The van der Waals surface area contributed by atoms with E-state index in [1.807, 2.05) is 13.8 Å². The quantitative estimate of drug-likeness (QED) is 0.412. The third-order valence-corrected chi connectivity index (χ3v) is 3.32. The number of nitrogen functional groups attached to an aromatic ring is 1. The van der Waals surface area contributed by atoms with Crippen LogP contribution in [0.1, 0.15) is 63.2 Å². The normalized spacial score (nSPS) is 10.8. The molecule has 0 saturated heterocycles. The molecule has 0 radical (unpaired) electrons. The second-order valence-corrected chi connectivity index (χ2v) is 5.53. The van der Waals surface area contributed by atoms with Crippen LogP contribution in [0.5, 0.6) is 5.75 Å². The lowest BCUT2D eigenvalue weighted by molar-refractivity contribution is 0.0939. The first kappa shape index (κ1) is 16.5. The van der Waals surface area contributed by atoms with Crippen LogP contribution in [0.3, 0.4) is 0 Å². The fourth-order valence-electron chi connectivity index (χ4n) is 2.05. The Balaban J connectivity index is 2.46. The van der Waals surface area contributed by atoms with Gasteiger partial charge in [-0.15, -0.1) is 0 Å². The monoisotopic (exact) mass is 277 g/mol. The molecular weight excluding hydrogens is 250 g/mol. The zero-order chi connectivity index (χ0) is 15.0. The molecule has 3 nitrogen and oxygen atoms in total. The van der Waals surface area contributed by atoms with Crippen LogP contribution in [0.4, 0.5) is 5.69 Å². The van der Waals surface area contributed by atoms with E-state index in [1.54, 1.807) is 18.2 Å². The molecule has 0 aliphatic carbocycles. The van der Waals surface area contributed by atoms with Crippen LogP contribution < -0.4 is 10.5 Å². The molecule has 0 bridgehead atoms. The number of benzene rings is 1. The van der Waals surface area contributed by atoms with Crippen molar-refractivity contribution in [1.82, 2.24) is 0 Å². The standard InChI is InChI=1S/C17H27NO2/c1-4-5-6-7-8-11-20-16-10-9-14(12-15(16)18)17(19)13(2)3/h9-10,12-13H,4-8,11,18H2,1-3H3. The lowest BCUT2D eigenvalue weighted by atomic mass is 10.0. The van der Waals surface area contributed by atoms with E-state index in [9.17, 15) is 4.79 Å². The van der Waals surface area contributed by atoms with E-state index in [2.05, 4.69) is 6.92 Å². The largest absolute Gasteiger partial charge is 0.491 e. The summed E-state index contributed by atoms with van der Waals surface area (Å²) in [7, 11) is 0. The van der Waals surface area contributed by atoms with Gasteiger partial charge in [-0.25, -0.2) is 0 Å². The van der Waals surface area contributed by atoms with Crippen LogP contribution in [0.25, 0.3) is 0 Å². The van der Waals surface area contributed by atoms with Crippen molar-refractivity contribution < 1.29 is 9.53 Å². The third kappa shape index (κ3) is 5.24. The minimum absolute atomic E-state index is 0.0141. The van der Waals surface area contributed by atoms with Gasteiger partial charge in [0.25, 0.3) is 0 Å². The molecular formula is C17H27NO2. The van der Waals surface area contributed by atoms with Gasteiger partial charge in [-0.1, -0.05) is 46.5 Å². The molecule has 0 aliphatic heterocycles. The first-order chi connectivity index (χ1) is 9.56. The molecule has 0 fully saturated rings. The number of carbonyl (C=O) groups excluding carboxylic acids is 1. The molecule has 0 heterocycles. The van der Waals surface area contributed by atoms with Gasteiger partial charge in [0.1, 0.15) is 5.75 Å². The zero-order valence-electron chi connectivity index (χ0n) is 12.9. The van der Waals surface area contributed by atoms with E-state index >= 15 is 0 Å². The maximum Gasteiger partial charge on any atom is 0.165 e. The SMILES string of the molecule is CCCCCCCOc1ccc(C(=O)C(C)C)cc1N. The summed E-state index contributed by atoms with van der Waals surface area (Å²) >= 11 is 0. The molecule has 20 heavy (non-hydrogen) atoms. The van der Waals surface area contributed by atoms with Gasteiger partial charge in [0.2, 0.25) is 0 Å². The van der Waals surface area contributed by atoms with Gasteiger partial charge in [-0.2, -0.15) is 0 Å². The Morgan fingerprint density at radius 2 is 1.90 bits per heavy atom. The molecule has 3 heteroatoms. The molecule has 0 spiro atoms. The molecule has 1 aromatic carbocycles. The first-order valence-electron chi connectivity index (χ1n) is 7.62. The Morgan fingerprint density at radius 3 is 2.50 bits per heavy atom. The van der Waals surface area contributed by atoms with Gasteiger partial charge in [0, 0.05) is 11.5 Å². The fraction of sp³-hybridized carbons (Fsp3) is 0.588. The predicted molar refractivity (Wildman–Crippen MR) is 84.3 cm³/mol. The molecule has 0 aliphatic rings. The molecule has 0 amide bonds. The van der Waals surface area contributed by atoms with Crippen molar-refractivity contribution in [2.45, 2.75) is 52.9 Å². The molecule has 1 aromatic rings. The van der Waals surface area contributed by atoms with Crippen LogP contribution in [0.2, 0.25) is 0 Å². The summed E-state index contributed by atoms with van der Waals surface area (Å²) in [6, 6.07) is 5.32. The zero-order valence-corrected chi connectivity index (χ0v) is 12.9. The van der Waals surface area contributed by atoms with E-state index in [4.69, 9.17) is 10.5 Å². The van der Waals surface area contributed by atoms with Crippen LogP contribution >= 0.6 is 0 Å². The minimum Gasteiger partial charge on any atom is -0.491 e. The summed E-state index contributed by atoms with van der Waals surface area (Å²) in [5, 5.41) is 0. The van der Waals surface area contributed by atoms with Gasteiger partial charge >= 0.3 is 0 Å². The summed E-state index contributed by atoms with van der Waals surface area (Å²) in [6.45, 7) is 6.67. The second kappa shape index (κ2) is 8.62. The van der Waals surface area contributed by atoms with Crippen molar-refractivity contribution in [1.29, 1.82) is 0 Å². The smallest absolute Gasteiger partial charge is 0.165 e. The molecule has 1 rings (SSSR count). The van der Waals surface area contributed by atoms with Crippen molar-refractivity contribution in [3.05, 3.63) is 23.8 Å². The highest BCUT2D eigenvalue weighted by Crippen LogP contribution is 2.24. The summed E-state index contributed by atoms with van der Waals surface area (Å²) in [5.41, 5.74) is 7.15. The Morgan fingerprint density at radius 1 is 1.20 bits per heavy atom. The lowest BCUT2D eigenvalue weighted by Crippen LogP contribution is -2.08. The topological polar surface area (TPSA) is 52.3 Å². The van der Waals surface area contributed by atoms with E-state index in [1.165, 1.54) is 25.7 Å². The van der Waals surface area contributed by atoms with Gasteiger partial charge in [0.05, 0.1) is 12.3 Å². The van der Waals surface area contributed by atoms with Gasteiger partial charge in [0.15, 0.2) is 5.78 Å². The number of unbranched alkanes of at least 4 members (excludes halogenated alkanes) is 4. The average Bonchev–Trinajstić information content (AvgIpc) is 2.43. The van der Waals surface area contributed by atoms with Crippen LogP contribution in [0.15, 0.2) is 18.2 Å². The minimum atomic E-state index is -0.0141. The van der Waals surface area contributed by atoms with E-state index < -0.39 is 0 Å². The summed E-state index contributed by atoms with van der Waals surface area (Å²) < 4.78 is 5.68. The number of hydrogen-bond acceptors (Lipinski definition) is 3. The molecule has 112 valence electrons. The highest BCUT2D eigenvalue weighted by atomic mass is 16.5. The Labute approximate surface area is 122 Å². The van der Waals surface area contributed by atoms with Gasteiger partial charge in [-0.05, 0) is 24.6 Å². The Bertz CT molecular complexity index is 427. The Kier molecular flexibility index (Phi) is 7.13. The van der Waals surface area contributed by atoms with Crippen molar-refractivity contribution in [2.24, 2.45) is 5.92 Å². The maximum absolute atomic E-state index is 11.9. The lowest BCUT2D eigenvalue weighted by Gasteiger charge is -2.11. The molecule has 0 aromatic heterocycles. The Hall–Kier alpha value is -1.51. The number of rotatable bonds is 9. The van der Waals surface area contributed by atoms with Crippen LogP contribution in [-0.2, 0) is 0 Å². The maximum atomic E-state index is 11.9. The van der Waals surface area contributed by atoms with Crippen molar-refractivity contribution >= 4 is 11.5 Å². The first-order valence-corrected chi connectivity index (χ1v) is 7.62. The van der Waals surface area contributed by atoms with Crippen LogP contribution in [0, 0.1) is 5.92 Å². The number of nitrogens with two attached hydrogens (primary N) is 1. The van der Waals surface area contributed by atoms with Crippen molar-refractivity contribution in [3.63, 3.8) is 0 Å². The number of anilines is 1. The number of ether oxygens (including phenoxy) is 1. The number of carbonyl (C=O) groups is 1. The number of Topliss-reactive ketones (excluding diaryl/α,β-unsaturated/α-hetero) is 1. The molecule has 0 unspecified atom stereocenters. The predicted octanol–water partition coefficient (Wildman–Crippen LogP) is 4.46. The van der Waals surface area contributed by atoms with Crippen molar-refractivity contribution in [2.75, 3.05) is 12.3 Å². The summed E-state index contributed by atoms with van der Waals surface area (Å²) in [6.07, 6.45) is 6.04.